The molecule has 3 aromatic rings. The van der Waals surface area contributed by atoms with E-state index in [-0.39, 0.29) is 30.9 Å². The molecule has 3 fully saturated rings. The van der Waals surface area contributed by atoms with Crippen molar-refractivity contribution in [3.63, 3.8) is 0 Å². The summed E-state index contributed by atoms with van der Waals surface area (Å²) >= 11 is 6.21. The number of nitrogens with zero attached hydrogens (tertiary/aromatic N) is 3. The van der Waals surface area contributed by atoms with Crippen molar-refractivity contribution in [1.82, 2.24) is 9.80 Å². The first-order chi connectivity index (χ1) is 23.7. The molecule has 3 saturated heterocycles. The van der Waals surface area contributed by atoms with Crippen molar-refractivity contribution in [2.24, 2.45) is 11.8 Å². The predicted molar refractivity (Wildman–Crippen MR) is 191 cm³/mol. The Bertz CT molecular complexity index is 1680. The second-order valence-corrected chi connectivity index (χ2v) is 13.7. The second kappa shape index (κ2) is 14.3. The van der Waals surface area contributed by atoms with E-state index < -0.39 is 35.1 Å². The van der Waals surface area contributed by atoms with Crippen LogP contribution in [0.3, 0.4) is 0 Å². The van der Waals surface area contributed by atoms with Crippen LogP contribution in [0.25, 0.3) is 0 Å². The van der Waals surface area contributed by atoms with E-state index in [2.05, 4.69) is 13.2 Å². The van der Waals surface area contributed by atoms with E-state index in [1.54, 1.807) is 51.1 Å². The summed E-state index contributed by atoms with van der Waals surface area (Å²) in [5.41, 5.74) is 0.276. The minimum Gasteiger partial charge on any atom is -0.394 e. The number of benzene rings is 3. The predicted octanol–water partition coefficient (Wildman–Crippen LogP) is 5.83. The molecular weight excluding hydrogens is 638 g/mol. The summed E-state index contributed by atoms with van der Waals surface area (Å²) in [7, 11) is 0. The number of hydrogen-bond acceptors (Lipinski definition) is 5. The van der Waals surface area contributed by atoms with Gasteiger partial charge in [0.15, 0.2) is 0 Å². The highest BCUT2D eigenvalue weighted by Gasteiger charge is 2.79. The quantitative estimate of drug-likeness (QED) is 0.216. The van der Waals surface area contributed by atoms with Gasteiger partial charge in [0.1, 0.15) is 11.6 Å². The number of amides is 3. The minimum absolute atomic E-state index is 0.174. The number of anilines is 1. The molecule has 3 aliphatic rings. The van der Waals surface area contributed by atoms with Gasteiger partial charge in [0.2, 0.25) is 11.8 Å². The summed E-state index contributed by atoms with van der Waals surface area (Å²) in [5, 5.41) is 11.4. The van der Waals surface area contributed by atoms with Gasteiger partial charge in [0.25, 0.3) is 5.91 Å². The van der Waals surface area contributed by atoms with Crippen molar-refractivity contribution in [3.8, 4) is 0 Å². The second-order valence-electron chi connectivity index (χ2n) is 13.3. The molecule has 8 nitrogen and oxygen atoms in total. The van der Waals surface area contributed by atoms with E-state index in [4.69, 9.17) is 16.3 Å². The average Bonchev–Trinajstić information content (AvgIpc) is 3.73. The van der Waals surface area contributed by atoms with Crippen molar-refractivity contribution < 1.29 is 24.2 Å². The van der Waals surface area contributed by atoms with Crippen LogP contribution in [0, 0.1) is 11.8 Å². The number of aliphatic hydroxyl groups is 1. The Hall–Kier alpha value is -4.24. The molecule has 3 amide bonds. The zero-order chi connectivity index (χ0) is 34.8. The molecule has 6 rings (SSSR count). The lowest BCUT2D eigenvalue weighted by Gasteiger charge is -2.39. The van der Waals surface area contributed by atoms with Crippen LogP contribution in [0.4, 0.5) is 5.69 Å². The molecular formula is C40H44ClN3O5. The van der Waals surface area contributed by atoms with Gasteiger partial charge >= 0.3 is 0 Å². The Balaban J connectivity index is 1.47. The molecule has 2 bridgehead atoms. The minimum atomic E-state index is -1.27. The summed E-state index contributed by atoms with van der Waals surface area (Å²) in [6.45, 7) is 10.2. The Labute approximate surface area is 293 Å². The van der Waals surface area contributed by atoms with Crippen molar-refractivity contribution in [1.29, 1.82) is 0 Å². The summed E-state index contributed by atoms with van der Waals surface area (Å²) in [6, 6.07) is 24.5. The maximum absolute atomic E-state index is 15.1. The highest BCUT2D eigenvalue weighted by molar-refractivity contribution is 6.30. The molecule has 0 radical (unpaired) electrons. The third kappa shape index (κ3) is 6.11. The topological polar surface area (TPSA) is 90.4 Å². The van der Waals surface area contributed by atoms with Gasteiger partial charge in [-0.3, -0.25) is 14.4 Å². The highest BCUT2D eigenvalue weighted by atomic mass is 35.5. The van der Waals surface area contributed by atoms with Gasteiger partial charge in [-0.25, -0.2) is 0 Å². The number of halogens is 1. The van der Waals surface area contributed by atoms with Gasteiger partial charge in [-0.15, -0.1) is 13.2 Å². The van der Waals surface area contributed by atoms with E-state index in [0.29, 0.717) is 49.5 Å². The van der Waals surface area contributed by atoms with Crippen LogP contribution in [-0.2, 0) is 32.1 Å². The summed E-state index contributed by atoms with van der Waals surface area (Å²) < 4.78 is 7.08. The Morgan fingerprint density at radius 3 is 2.18 bits per heavy atom. The number of rotatable bonds is 14. The van der Waals surface area contributed by atoms with E-state index in [0.717, 1.165) is 11.1 Å². The number of ether oxygens (including phenoxy) is 1. The smallest absolute Gasteiger partial charge is 0.253 e. The van der Waals surface area contributed by atoms with E-state index in [1.165, 1.54) is 0 Å². The van der Waals surface area contributed by atoms with E-state index in [1.807, 2.05) is 67.6 Å². The lowest BCUT2D eigenvalue weighted by Crippen LogP contribution is -2.59. The molecule has 3 aromatic carbocycles. The van der Waals surface area contributed by atoms with Crippen LogP contribution in [0.1, 0.15) is 37.3 Å². The monoisotopic (exact) mass is 681 g/mol. The summed E-state index contributed by atoms with van der Waals surface area (Å²) in [5.74, 6) is -2.61. The number of carbonyl (C=O) groups is 3. The number of carbonyl (C=O) groups excluding carboxylic acids is 3. The zero-order valence-corrected chi connectivity index (χ0v) is 28.7. The van der Waals surface area contributed by atoms with Gasteiger partial charge in [0, 0.05) is 30.3 Å². The average molecular weight is 682 g/mol. The number of likely N-dealkylation sites (tertiary alicyclic amines) is 1. The Kier molecular flexibility index (Phi) is 10.1. The maximum atomic E-state index is 15.1. The molecule has 2 unspecified atom stereocenters. The zero-order valence-electron chi connectivity index (χ0n) is 27.9. The summed E-state index contributed by atoms with van der Waals surface area (Å²) in [6.07, 6.45) is 5.12. The molecule has 0 saturated carbocycles. The van der Waals surface area contributed by atoms with Gasteiger partial charge in [-0.1, -0.05) is 91.3 Å². The first-order valence-electron chi connectivity index (χ1n) is 17.0. The number of aliphatic hydroxyl groups excluding tert-OH is 1. The SMILES string of the molecule is C=CCN(Cc1ccccc1)C(=O)[C@H]1[C@H]2C(=O)N([C@@H](CO)Cc3ccccc3)C(C(=O)N(CC=C)c3ccc(Cl)cc3)C23CC[C@]1(CC)O3. The Morgan fingerprint density at radius 1 is 0.959 bits per heavy atom. The normalized spacial score (nSPS) is 25.9. The molecule has 3 aliphatic heterocycles. The van der Waals surface area contributed by atoms with Crippen molar-refractivity contribution >= 4 is 35.0 Å². The van der Waals surface area contributed by atoms with Gasteiger partial charge in [0.05, 0.1) is 30.1 Å². The van der Waals surface area contributed by atoms with Crippen LogP contribution < -0.4 is 4.90 Å². The van der Waals surface area contributed by atoms with Crippen molar-refractivity contribution in [2.45, 2.75) is 62.4 Å². The third-order valence-electron chi connectivity index (χ3n) is 10.6. The molecule has 49 heavy (non-hydrogen) atoms. The molecule has 0 aliphatic carbocycles. The van der Waals surface area contributed by atoms with Crippen LogP contribution in [0.5, 0.6) is 0 Å². The van der Waals surface area contributed by atoms with Gasteiger partial charge in [-0.2, -0.15) is 0 Å². The fourth-order valence-corrected chi connectivity index (χ4v) is 8.58. The van der Waals surface area contributed by atoms with E-state index >= 15 is 9.59 Å². The molecule has 1 spiro atoms. The third-order valence-corrected chi connectivity index (χ3v) is 10.9. The first-order valence-corrected chi connectivity index (χ1v) is 17.4. The van der Waals surface area contributed by atoms with Crippen LogP contribution in [0.15, 0.2) is 110 Å². The fraction of sp³-hybridized carbons (Fsp3) is 0.375. The first kappa shape index (κ1) is 34.6. The van der Waals surface area contributed by atoms with Crippen LogP contribution in [-0.4, -0.2) is 75.6 Å². The lowest BCUT2D eigenvalue weighted by molar-refractivity contribution is -0.153. The van der Waals surface area contributed by atoms with Crippen molar-refractivity contribution in [3.05, 3.63) is 126 Å². The molecule has 9 heteroatoms. The highest BCUT2D eigenvalue weighted by Crippen LogP contribution is 2.65. The van der Waals surface area contributed by atoms with Gasteiger partial charge in [-0.05, 0) is 61.1 Å². The van der Waals surface area contributed by atoms with Crippen LogP contribution >= 0.6 is 11.6 Å². The molecule has 6 atom stereocenters. The fourth-order valence-electron chi connectivity index (χ4n) is 8.45. The summed E-state index contributed by atoms with van der Waals surface area (Å²) in [4.78, 5) is 49.9. The number of hydrogen-bond donors (Lipinski definition) is 1. The lowest BCUT2D eigenvalue weighted by atomic mass is 9.64. The maximum Gasteiger partial charge on any atom is 0.253 e. The number of fused-ring (bicyclic) bond motifs is 1. The van der Waals surface area contributed by atoms with Crippen molar-refractivity contribution in [2.75, 3.05) is 24.6 Å². The largest absolute Gasteiger partial charge is 0.394 e. The molecule has 256 valence electrons. The van der Waals surface area contributed by atoms with E-state index in [9.17, 15) is 9.90 Å². The molecule has 0 aromatic heterocycles. The molecule has 3 heterocycles. The molecule has 1 N–H and O–H groups in total. The Morgan fingerprint density at radius 2 is 1.59 bits per heavy atom. The standard InChI is InChI=1S/C40H44ClN3O5/c1-4-23-42(26-29-15-11-8-12-16-29)36(46)33-34-37(47)44(32(27-45)25-28-13-9-7-10-14-28)35(40(34)22-21-39(33,6-3)49-40)38(48)43(24-5-2)31-19-17-30(41)18-20-31/h4-5,7-20,32-35,45H,1-2,6,21-27H2,3H3/t32-,33-,34+,35?,39+,40?/m1/s1. The van der Waals surface area contributed by atoms with Gasteiger partial charge < -0.3 is 24.5 Å². The van der Waals surface area contributed by atoms with Crippen LogP contribution in [0.2, 0.25) is 5.02 Å².